The summed E-state index contributed by atoms with van der Waals surface area (Å²) in [6, 6.07) is 12.8. The number of ether oxygens (including phenoxy) is 3. The summed E-state index contributed by atoms with van der Waals surface area (Å²) < 4.78 is 15.6. The summed E-state index contributed by atoms with van der Waals surface area (Å²) in [5.41, 5.74) is 2.66. The Bertz CT molecular complexity index is 851. The van der Waals surface area contributed by atoms with Crippen molar-refractivity contribution < 1.29 is 23.8 Å². The van der Waals surface area contributed by atoms with Crippen LogP contribution in [0, 0.1) is 6.92 Å². The summed E-state index contributed by atoms with van der Waals surface area (Å²) in [4.78, 5) is 26.0. The number of aryl methyl sites for hydroxylation is 1. The predicted molar refractivity (Wildman–Crippen MR) is 111 cm³/mol. The Morgan fingerprint density at radius 3 is 2.55 bits per heavy atom. The van der Waals surface area contributed by atoms with Gasteiger partial charge in [0, 0.05) is 24.5 Å². The lowest BCUT2D eigenvalue weighted by Gasteiger charge is -2.28. The van der Waals surface area contributed by atoms with Crippen LogP contribution in [0.5, 0.6) is 5.75 Å². The summed E-state index contributed by atoms with van der Waals surface area (Å²) in [6.07, 6.45) is 0. The van der Waals surface area contributed by atoms with Crippen LogP contribution in [0.25, 0.3) is 0 Å². The lowest BCUT2D eigenvalue weighted by Crippen LogP contribution is -2.36. The molecule has 2 aromatic rings. The van der Waals surface area contributed by atoms with Crippen molar-refractivity contribution >= 4 is 34.9 Å². The number of halogens is 1. The molecule has 0 spiro atoms. The van der Waals surface area contributed by atoms with Gasteiger partial charge in [0.1, 0.15) is 5.75 Å². The zero-order valence-electron chi connectivity index (χ0n) is 16.2. The van der Waals surface area contributed by atoms with Crippen LogP contribution in [0.1, 0.15) is 5.56 Å². The molecule has 2 aromatic carbocycles. The van der Waals surface area contributed by atoms with Gasteiger partial charge in [-0.2, -0.15) is 0 Å². The third-order valence-corrected chi connectivity index (χ3v) is 4.64. The molecule has 1 N–H and O–H groups in total. The van der Waals surface area contributed by atoms with E-state index in [-0.39, 0.29) is 6.61 Å². The Kier molecular flexibility index (Phi) is 7.32. The van der Waals surface area contributed by atoms with Crippen LogP contribution in [0.15, 0.2) is 42.5 Å². The SMILES string of the molecule is Cc1ccc(Cl)c(OCC(=O)OCC(=O)Nc2ccc(N3CCOCC3)cc2)c1. The number of hydrogen-bond donors (Lipinski definition) is 1. The summed E-state index contributed by atoms with van der Waals surface area (Å²) in [5.74, 6) is -0.681. The quantitative estimate of drug-likeness (QED) is 0.696. The molecule has 1 saturated heterocycles. The molecule has 0 bridgehead atoms. The summed E-state index contributed by atoms with van der Waals surface area (Å²) in [5, 5.41) is 3.10. The highest BCUT2D eigenvalue weighted by molar-refractivity contribution is 6.32. The standard InChI is InChI=1S/C21H23ClN2O5/c1-15-2-7-18(22)19(12-15)28-14-21(26)29-13-20(25)23-16-3-5-17(6-4-16)24-8-10-27-11-9-24/h2-7,12H,8-11,13-14H2,1H3,(H,23,25). The number of carbonyl (C=O) groups excluding carboxylic acids is 2. The largest absolute Gasteiger partial charge is 0.480 e. The van der Waals surface area contributed by atoms with E-state index < -0.39 is 18.5 Å². The smallest absolute Gasteiger partial charge is 0.344 e. The number of nitrogens with zero attached hydrogens (tertiary/aromatic N) is 1. The molecule has 1 heterocycles. The number of carbonyl (C=O) groups is 2. The normalized spacial score (nSPS) is 13.7. The van der Waals surface area contributed by atoms with Crippen molar-refractivity contribution in [2.24, 2.45) is 0 Å². The highest BCUT2D eigenvalue weighted by atomic mass is 35.5. The van der Waals surface area contributed by atoms with Crippen LogP contribution >= 0.6 is 11.6 Å². The van der Waals surface area contributed by atoms with Crippen LogP contribution in [0.4, 0.5) is 11.4 Å². The van der Waals surface area contributed by atoms with E-state index in [1.165, 1.54) is 0 Å². The predicted octanol–water partition coefficient (Wildman–Crippen LogP) is 3.05. The maximum absolute atomic E-state index is 12.0. The van der Waals surface area contributed by atoms with Crippen LogP contribution in [0.3, 0.4) is 0 Å². The fourth-order valence-electron chi connectivity index (χ4n) is 2.82. The van der Waals surface area contributed by atoms with E-state index in [4.69, 9.17) is 25.8 Å². The molecule has 0 saturated carbocycles. The van der Waals surface area contributed by atoms with Gasteiger partial charge in [-0.3, -0.25) is 4.79 Å². The third-order valence-electron chi connectivity index (χ3n) is 4.32. The molecular weight excluding hydrogens is 396 g/mol. The zero-order valence-corrected chi connectivity index (χ0v) is 16.9. The van der Waals surface area contributed by atoms with Crippen molar-refractivity contribution in [2.45, 2.75) is 6.92 Å². The summed E-state index contributed by atoms with van der Waals surface area (Å²) in [7, 11) is 0. The highest BCUT2D eigenvalue weighted by Gasteiger charge is 2.12. The van der Waals surface area contributed by atoms with Gasteiger partial charge in [0.05, 0.1) is 18.2 Å². The molecule has 0 atom stereocenters. The molecule has 0 aliphatic carbocycles. The maximum atomic E-state index is 12.0. The fraction of sp³-hybridized carbons (Fsp3) is 0.333. The number of esters is 1. The van der Waals surface area contributed by atoms with Crippen LogP contribution < -0.4 is 15.0 Å². The molecule has 1 aliphatic heterocycles. The topological polar surface area (TPSA) is 77.1 Å². The highest BCUT2D eigenvalue weighted by Crippen LogP contribution is 2.25. The van der Waals surface area contributed by atoms with Gasteiger partial charge in [-0.1, -0.05) is 17.7 Å². The molecule has 0 unspecified atom stereocenters. The second-order valence-electron chi connectivity index (χ2n) is 6.58. The van der Waals surface area contributed by atoms with Gasteiger partial charge >= 0.3 is 5.97 Å². The number of morpholine rings is 1. The van der Waals surface area contributed by atoms with Gasteiger partial charge in [0.25, 0.3) is 5.91 Å². The molecule has 8 heteroatoms. The molecule has 154 valence electrons. The van der Waals surface area contributed by atoms with E-state index in [0.717, 1.165) is 24.3 Å². The number of benzene rings is 2. The van der Waals surface area contributed by atoms with E-state index in [1.807, 2.05) is 37.3 Å². The molecule has 1 amide bonds. The van der Waals surface area contributed by atoms with E-state index >= 15 is 0 Å². The first-order valence-electron chi connectivity index (χ1n) is 9.28. The van der Waals surface area contributed by atoms with Gasteiger partial charge in [-0.15, -0.1) is 0 Å². The van der Waals surface area contributed by atoms with Gasteiger partial charge in [-0.05, 0) is 48.9 Å². The van der Waals surface area contributed by atoms with E-state index in [1.54, 1.807) is 12.1 Å². The first kappa shape index (κ1) is 21.0. The molecule has 0 aromatic heterocycles. The Morgan fingerprint density at radius 2 is 1.83 bits per heavy atom. The Hall–Kier alpha value is -2.77. The van der Waals surface area contributed by atoms with Crippen molar-refractivity contribution in [2.75, 3.05) is 49.7 Å². The minimum absolute atomic E-state index is 0.329. The maximum Gasteiger partial charge on any atom is 0.344 e. The van der Waals surface area contributed by atoms with E-state index in [0.29, 0.717) is 29.7 Å². The number of anilines is 2. The van der Waals surface area contributed by atoms with Gasteiger partial charge in [-0.25, -0.2) is 4.79 Å². The first-order valence-corrected chi connectivity index (χ1v) is 9.66. The van der Waals surface area contributed by atoms with Crippen molar-refractivity contribution in [3.8, 4) is 5.75 Å². The molecular formula is C21H23ClN2O5. The second-order valence-corrected chi connectivity index (χ2v) is 6.98. The van der Waals surface area contributed by atoms with Crippen LogP contribution in [-0.2, 0) is 19.1 Å². The third kappa shape index (κ3) is 6.37. The molecule has 1 fully saturated rings. The van der Waals surface area contributed by atoms with Crippen LogP contribution in [0.2, 0.25) is 5.02 Å². The van der Waals surface area contributed by atoms with Crippen molar-refractivity contribution in [1.82, 2.24) is 0 Å². The van der Waals surface area contributed by atoms with Gasteiger partial charge in [0.15, 0.2) is 13.2 Å². The Balaban J connectivity index is 1.41. The number of nitrogens with one attached hydrogen (secondary N) is 1. The van der Waals surface area contributed by atoms with Crippen molar-refractivity contribution in [1.29, 1.82) is 0 Å². The van der Waals surface area contributed by atoms with Gasteiger partial charge in [0.2, 0.25) is 0 Å². The van der Waals surface area contributed by atoms with E-state index in [9.17, 15) is 9.59 Å². The van der Waals surface area contributed by atoms with Crippen molar-refractivity contribution in [3.05, 3.63) is 53.1 Å². The Morgan fingerprint density at radius 1 is 1.10 bits per heavy atom. The summed E-state index contributed by atoms with van der Waals surface area (Å²) in [6.45, 7) is 4.28. The molecule has 7 nitrogen and oxygen atoms in total. The average Bonchev–Trinajstić information content (AvgIpc) is 2.74. The molecule has 0 radical (unpaired) electrons. The Labute approximate surface area is 174 Å². The molecule has 3 rings (SSSR count). The second kappa shape index (κ2) is 10.1. The van der Waals surface area contributed by atoms with Crippen molar-refractivity contribution in [3.63, 3.8) is 0 Å². The van der Waals surface area contributed by atoms with E-state index in [2.05, 4.69) is 10.2 Å². The van der Waals surface area contributed by atoms with Gasteiger partial charge < -0.3 is 24.4 Å². The monoisotopic (exact) mass is 418 g/mol. The van der Waals surface area contributed by atoms with Crippen LogP contribution in [-0.4, -0.2) is 51.4 Å². The first-order chi connectivity index (χ1) is 14.0. The lowest BCUT2D eigenvalue weighted by molar-refractivity contribution is -0.149. The lowest BCUT2D eigenvalue weighted by atomic mass is 10.2. The molecule has 1 aliphatic rings. The minimum Gasteiger partial charge on any atom is -0.480 e. The number of amides is 1. The minimum atomic E-state index is -0.652. The number of rotatable bonds is 7. The number of hydrogen-bond acceptors (Lipinski definition) is 6. The summed E-state index contributed by atoms with van der Waals surface area (Å²) >= 11 is 6.01. The molecule has 29 heavy (non-hydrogen) atoms. The average molecular weight is 419 g/mol. The zero-order chi connectivity index (χ0) is 20.6. The fourth-order valence-corrected chi connectivity index (χ4v) is 2.99.